The molecule has 2 N–H and O–H groups in total. The normalized spacial score (nSPS) is 12.0. The lowest BCUT2D eigenvalue weighted by Gasteiger charge is -2.16. The minimum absolute atomic E-state index is 0.151. The summed E-state index contributed by atoms with van der Waals surface area (Å²) >= 11 is 1.62. The fourth-order valence-corrected chi connectivity index (χ4v) is 2.66. The number of nitrogens with zero attached hydrogens (tertiary/aromatic N) is 4. The molecule has 0 saturated heterocycles. The Labute approximate surface area is 149 Å². The van der Waals surface area contributed by atoms with Crippen molar-refractivity contribution in [3.8, 4) is 5.88 Å². The molecule has 0 aromatic carbocycles. The summed E-state index contributed by atoms with van der Waals surface area (Å²) in [6.07, 6.45) is 2.51. The molecule has 136 valence electrons. The number of hydrogen-bond donors (Lipinski definition) is 2. The van der Waals surface area contributed by atoms with E-state index < -0.39 is 6.04 Å². The lowest BCUT2D eigenvalue weighted by atomic mass is 10.2. The van der Waals surface area contributed by atoms with Crippen molar-refractivity contribution in [1.82, 2.24) is 30.4 Å². The topological polar surface area (TPSA) is 111 Å². The van der Waals surface area contributed by atoms with Crippen molar-refractivity contribution in [2.45, 2.75) is 32.9 Å². The summed E-state index contributed by atoms with van der Waals surface area (Å²) in [7, 11) is 0. The minimum Gasteiger partial charge on any atom is -0.477 e. The molecule has 2 aromatic heterocycles. The predicted octanol–water partition coefficient (Wildman–Crippen LogP) is 0.397. The molecule has 2 heterocycles. The van der Waals surface area contributed by atoms with E-state index in [1.165, 1.54) is 11.4 Å². The minimum atomic E-state index is -0.573. The lowest BCUT2D eigenvalue weighted by molar-refractivity contribution is -0.128. The van der Waals surface area contributed by atoms with Crippen molar-refractivity contribution in [3.05, 3.63) is 18.0 Å². The number of amides is 2. The maximum atomic E-state index is 12.3. The Morgan fingerprint density at radius 3 is 2.84 bits per heavy atom. The van der Waals surface area contributed by atoms with Crippen LogP contribution in [0.15, 0.2) is 12.1 Å². The molecule has 0 spiro atoms. The Balaban J connectivity index is 2.05. The van der Waals surface area contributed by atoms with Crippen molar-refractivity contribution in [2.75, 3.05) is 18.6 Å². The number of ether oxygens (including phenoxy) is 1. The second-order valence-corrected chi connectivity index (χ2v) is 6.23. The van der Waals surface area contributed by atoms with Crippen LogP contribution in [0.1, 0.15) is 26.1 Å². The number of carbonyl (C=O) groups excluding carboxylic acids is 2. The van der Waals surface area contributed by atoms with E-state index in [-0.39, 0.29) is 18.4 Å². The molecule has 0 fully saturated rings. The van der Waals surface area contributed by atoms with Gasteiger partial charge in [-0.2, -0.15) is 16.3 Å². The molecule has 0 aliphatic carbocycles. The second-order valence-electron chi connectivity index (χ2n) is 5.24. The van der Waals surface area contributed by atoms with Gasteiger partial charge in [0.15, 0.2) is 11.5 Å². The van der Waals surface area contributed by atoms with E-state index in [1.807, 2.05) is 13.2 Å². The summed E-state index contributed by atoms with van der Waals surface area (Å²) in [5.74, 6) is 1.21. The molecule has 2 aromatic rings. The number of rotatable bonds is 9. The zero-order valence-corrected chi connectivity index (χ0v) is 15.3. The van der Waals surface area contributed by atoms with Gasteiger partial charge < -0.3 is 15.4 Å². The Morgan fingerprint density at radius 2 is 2.16 bits per heavy atom. The van der Waals surface area contributed by atoms with Gasteiger partial charge >= 0.3 is 0 Å². The van der Waals surface area contributed by atoms with Gasteiger partial charge in [-0.25, -0.2) is 0 Å². The fraction of sp³-hybridized carbons (Fsp3) is 0.533. The van der Waals surface area contributed by atoms with Gasteiger partial charge in [0.05, 0.1) is 13.2 Å². The third kappa shape index (κ3) is 5.31. The van der Waals surface area contributed by atoms with Crippen LogP contribution >= 0.6 is 11.8 Å². The number of aromatic nitrogens is 4. The number of nitrogens with one attached hydrogen (secondary N) is 2. The summed E-state index contributed by atoms with van der Waals surface area (Å²) in [5.41, 5.74) is 0.563. The maximum Gasteiger partial charge on any atom is 0.242 e. The van der Waals surface area contributed by atoms with Crippen molar-refractivity contribution in [2.24, 2.45) is 0 Å². The SMILES string of the molecule is CCOc1ccc2nnc(CNC(=O)C(CCSC)NC(C)=O)n2n1. The quantitative estimate of drug-likeness (QED) is 0.661. The second kappa shape index (κ2) is 9.21. The van der Waals surface area contributed by atoms with E-state index in [2.05, 4.69) is 25.9 Å². The zero-order valence-electron chi connectivity index (χ0n) is 14.5. The first kappa shape index (κ1) is 19.0. The third-order valence-electron chi connectivity index (χ3n) is 3.32. The smallest absolute Gasteiger partial charge is 0.242 e. The van der Waals surface area contributed by atoms with Crippen molar-refractivity contribution in [3.63, 3.8) is 0 Å². The van der Waals surface area contributed by atoms with E-state index in [0.29, 0.717) is 30.4 Å². The molecule has 10 heteroatoms. The first-order chi connectivity index (χ1) is 12.0. The van der Waals surface area contributed by atoms with Gasteiger partial charge in [0, 0.05) is 13.0 Å². The molecular formula is C15H22N6O3S. The van der Waals surface area contributed by atoms with Crippen LogP contribution in [0, 0.1) is 0 Å². The maximum absolute atomic E-state index is 12.3. The number of carbonyl (C=O) groups is 2. The van der Waals surface area contributed by atoms with Gasteiger partial charge in [0.1, 0.15) is 6.04 Å². The molecule has 2 rings (SSSR count). The number of hydrogen-bond acceptors (Lipinski definition) is 7. The molecule has 0 aliphatic rings. The highest BCUT2D eigenvalue weighted by atomic mass is 32.2. The highest BCUT2D eigenvalue weighted by Crippen LogP contribution is 2.09. The first-order valence-electron chi connectivity index (χ1n) is 7.93. The molecule has 25 heavy (non-hydrogen) atoms. The van der Waals surface area contributed by atoms with E-state index in [0.717, 1.165) is 5.75 Å². The fourth-order valence-electron chi connectivity index (χ4n) is 2.19. The zero-order chi connectivity index (χ0) is 18.2. The Kier molecular flexibility index (Phi) is 6.99. The molecule has 0 bridgehead atoms. The van der Waals surface area contributed by atoms with Crippen LogP contribution in [0.2, 0.25) is 0 Å². The van der Waals surface area contributed by atoms with E-state index in [1.54, 1.807) is 23.9 Å². The van der Waals surface area contributed by atoms with Crippen LogP contribution in [0.25, 0.3) is 5.65 Å². The van der Waals surface area contributed by atoms with Gasteiger partial charge in [0.25, 0.3) is 0 Å². The summed E-state index contributed by atoms with van der Waals surface area (Å²) in [6, 6.07) is 2.89. The van der Waals surface area contributed by atoms with Crippen LogP contribution in [-0.4, -0.2) is 56.3 Å². The van der Waals surface area contributed by atoms with E-state index in [9.17, 15) is 9.59 Å². The van der Waals surface area contributed by atoms with Crippen LogP contribution in [0.5, 0.6) is 5.88 Å². The largest absolute Gasteiger partial charge is 0.477 e. The van der Waals surface area contributed by atoms with E-state index >= 15 is 0 Å². The molecule has 9 nitrogen and oxygen atoms in total. The van der Waals surface area contributed by atoms with Crippen molar-refractivity contribution in [1.29, 1.82) is 0 Å². The molecular weight excluding hydrogens is 344 g/mol. The molecule has 0 saturated carbocycles. The van der Waals surface area contributed by atoms with Crippen LogP contribution in [-0.2, 0) is 16.1 Å². The summed E-state index contributed by atoms with van der Waals surface area (Å²) in [5, 5.41) is 17.8. The molecule has 0 radical (unpaired) electrons. The Bertz CT molecular complexity index is 735. The third-order valence-corrected chi connectivity index (χ3v) is 3.96. The monoisotopic (exact) mass is 366 g/mol. The molecule has 1 atom stereocenters. The van der Waals surface area contributed by atoms with Crippen molar-refractivity contribution >= 4 is 29.2 Å². The van der Waals surface area contributed by atoms with Gasteiger partial charge in [-0.05, 0) is 31.4 Å². The van der Waals surface area contributed by atoms with Crippen molar-refractivity contribution < 1.29 is 14.3 Å². The highest BCUT2D eigenvalue weighted by molar-refractivity contribution is 7.98. The summed E-state index contributed by atoms with van der Waals surface area (Å²) in [6.45, 7) is 3.92. The van der Waals surface area contributed by atoms with E-state index in [4.69, 9.17) is 4.74 Å². The molecule has 1 unspecified atom stereocenters. The predicted molar refractivity (Wildman–Crippen MR) is 94.4 cm³/mol. The van der Waals surface area contributed by atoms with Crippen LogP contribution in [0.4, 0.5) is 0 Å². The number of thioether (sulfide) groups is 1. The standard InChI is InChI=1S/C15H22N6O3S/c1-4-24-14-6-5-12-18-19-13(21(12)20-14)9-16-15(23)11(7-8-25-3)17-10(2)22/h5-6,11H,4,7-9H2,1-3H3,(H,16,23)(H,17,22). The molecule has 0 aliphatic heterocycles. The lowest BCUT2D eigenvalue weighted by Crippen LogP contribution is -2.46. The van der Waals surface area contributed by atoms with Crippen LogP contribution in [0.3, 0.4) is 0 Å². The highest BCUT2D eigenvalue weighted by Gasteiger charge is 2.19. The average molecular weight is 366 g/mol. The Morgan fingerprint density at radius 1 is 1.36 bits per heavy atom. The average Bonchev–Trinajstić information content (AvgIpc) is 2.99. The van der Waals surface area contributed by atoms with Crippen LogP contribution < -0.4 is 15.4 Å². The van der Waals surface area contributed by atoms with Gasteiger partial charge in [-0.3, -0.25) is 9.59 Å². The number of fused-ring (bicyclic) bond motifs is 1. The summed E-state index contributed by atoms with van der Waals surface area (Å²) < 4.78 is 6.89. The Hall–Kier alpha value is -2.36. The van der Waals surface area contributed by atoms with Gasteiger partial charge in [0.2, 0.25) is 17.7 Å². The summed E-state index contributed by atoms with van der Waals surface area (Å²) in [4.78, 5) is 23.6. The van der Waals surface area contributed by atoms with Gasteiger partial charge in [-0.15, -0.1) is 15.3 Å². The molecule has 2 amide bonds. The van der Waals surface area contributed by atoms with Gasteiger partial charge in [-0.1, -0.05) is 0 Å². The first-order valence-corrected chi connectivity index (χ1v) is 9.32.